The van der Waals surface area contributed by atoms with E-state index in [1.165, 1.54) is 0 Å². The molecule has 0 radical (unpaired) electrons. The standard InChI is InChI=1S/C20H17ClN6/c21-13-6-10-15(11-7-13)27-18(22)16-17(12-4-2-1-3-5-12)24-20(23-14-8-9-14)25-19(16)26-27/h1-7,10-11,14H,8-9,22H2,(H,23,25,26). The van der Waals surface area contributed by atoms with Gasteiger partial charge in [-0.1, -0.05) is 41.9 Å². The molecule has 0 atom stereocenters. The largest absolute Gasteiger partial charge is 0.383 e. The first-order valence-electron chi connectivity index (χ1n) is 8.83. The Morgan fingerprint density at radius 1 is 1.00 bits per heavy atom. The average molecular weight is 377 g/mol. The van der Waals surface area contributed by atoms with E-state index in [1.54, 1.807) is 4.68 Å². The zero-order valence-corrected chi connectivity index (χ0v) is 15.2. The highest BCUT2D eigenvalue weighted by Crippen LogP contribution is 2.33. The zero-order valence-electron chi connectivity index (χ0n) is 14.4. The van der Waals surface area contributed by atoms with E-state index >= 15 is 0 Å². The van der Waals surface area contributed by atoms with Gasteiger partial charge in [-0.05, 0) is 37.1 Å². The second-order valence-corrected chi connectivity index (χ2v) is 7.09. The Morgan fingerprint density at radius 3 is 2.44 bits per heavy atom. The normalized spacial score (nSPS) is 13.8. The Labute approximate surface area is 161 Å². The highest BCUT2D eigenvalue weighted by Gasteiger charge is 2.24. The molecule has 1 saturated carbocycles. The van der Waals surface area contributed by atoms with Crippen molar-refractivity contribution in [2.75, 3.05) is 11.1 Å². The van der Waals surface area contributed by atoms with Gasteiger partial charge in [0.15, 0.2) is 5.65 Å². The van der Waals surface area contributed by atoms with Gasteiger partial charge in [0.05, 0.1) is 16.8 Å². The maximum absolute atomic E-state index is 6.48. The van der Waals surface area contributed by atoms with Crippen LogP contribution in [-0.2, 0) is 0 Å². The number of rotatable bonds is 4. The van der Waals surface area contributed by atoms with Crippen molar-refractivity contribution in [1.29, 1.82) is 0 Å². The predicted molar refractivity (Wildman–Crippen MR) is 108 cm³/mol. The van der Waals surface area contributed by atoms with Crippen LogP contribution in [0.2, 0.25) is 5.02 Å². The highest BCUT2D eigenvalue weighted by molar-refractivity contribution is 6.30. The molecule has 5 rings (SSSR count). The molecule has 0 saturated heterocycles. The lowest BCUT2D eigenvalue weighted by atomic mass is 10.1. The number of benzene rings is 2. The SMILES string of the molecule is Nc1c2c(-c3ccccc3)nc(NC3CC3)nc2nn1-c1ccc(Cl)cc1. The maximum Gasteiger partial charge on any atom is 0.225 e. The first kappa shape index (κ1) is 16.1. The summed E-state index contributed by atoms with van der Waals surface area (Å²) < 4.78 is 1.68. The van der Waals surface area contributed by atoms with Gasteiger partial charge in [-0.15, -0.1) is 5.10 Å². The number of hydrogen-bond acceptors (Lipinski definition) is 5. The van der Waals surface area contributed by atoms with E-state index in [4.69, 9.17) is 22.3 Å². The van der Waals surface area contributed by atoms with Gasteiger partial charge in [0.1, 0.15) is 5.82 Å². The van der Waals surface area contributed by atoms with Crippen LogP contribution in [0, 0.1) is 0 Å². The lowest BCUT2D eigenvalue weighted by Gasteiger charge is -2.08. The van der Waals surface area contributed by atoms with E-state index in [0.29, 0.717) is 28.5 Å². The van der Waals surface area contributed by atoms with E-state index in [9.17, 15) is 0 Å². The molecule has 0 spiro atoms. The van der Waals surface area contributed by atoms with Crippen LogP contribution in [0.4, 0.5) is 11.8 Å². The number of nitrogens with zero attached hydrogens (tertiary/aromatic N) is 4. The minimum absolute atomic E-state index is 0.446. The van der Waals surface area contributed by atoms with Crippen molar-refractivity contribution >= 4 is 34.4 Å². The van der Waals surface area contributed by atoms with Crippen LogP contribution in [-0.4, -0.2) is 25.8 Å². The maximum atomic E-state index is 6.48. The number of nitrogen functional groups attached to an aromatic ring is 1. The molecular formula is C20H17ClN6. The first-order valence-corrected chi connectivity index (χ1v) is 9.21. The second-order valence-electron chi connectivity index (χ2n) is 6.65. The molecule has 0 unspecified atom stereocenters. The number of fused-ring (bicyclic) bond motifs is 1. The summed E-state index contributed by atoms with van der Waals surface area (Å²) in [5, 5.41) is 9.42. The van der Waals surface area contributed by atoms with E-state index in [2.05, 4.69) is 15.4 Å². The Bertz CT molecular complexity index is 1120. The van der Waals surface area contributed by atoms with E-state index < -0.39 is 0 Å². The van der Waals surface area contributed by atoms with E-state index in [-0.39, 0.29) is 0 Å². The fourth-order valence-corrected chi connectivity index (χ4v) is 3.20. The Balaban J connectivity index is 1.73. The van der Waals surface area contributed by atoms with Gasteiger partial charge in [-0.25, -0.2) is 9.67 Å². The van der Waals surface area contributed by atoms with Crippen molar-refractivity contribution in [3.05, 3.63) is 59.6 Å². The Kier molecular flexibility index (Phi) is 3.72. The predicted octanol–water partition coefficient (Wildman–Crippen LogP) is 4.29. The molecule has 27 heavy (non-hydrogen) atoms. The van der Waals surface area contributed by atoms with Crippen molar-refractivity contribution in [3.63, 3.8) is 0 Å². The highest BCUT2D eigenvalue weighted by atomic mass is 35.5. The summed E-state index contributed by atoms with van der Waals surface area (Å²) in [7, 11) is 0. The summed E-state index contributed by atoms with van der Waals surface area (Å²) in [4.78, 5) is 9.36. The number of halogens is 1. The number of anilines is 2. The van der Waals surface area contributed by atoms with Crippen molar-refractivity contribution in [2.45, 2.75) is 18.9 Å². The number of aromatic nitrogens is 4. The molecule has 1 aliphatic carbocycles. The molecule has 0 aliphatic heterocycles. The fraction of sp³-hybridized carbons (Fsp3) is 0.150. The molecule has 134 valence electrons. The summed E-state index contributed by atoms with van der Waals surface area (Å²) in [5.74, 6) is 1.09. The molecular weight excluding hydrogens is 360 g/mol. The van der Waals surface area contributed by atoms with Crippen LogP contribution in [0.3, 0.4) is 0 Å². The quantitative estimate of drug-likeness (QED) is 0.555. The molecule has 2 aromatic carbocycles. The fourth-order valence-electron chi connectivity index (χ4n) is 3.07. The first-order chi connectivity index (χ1) is 13.2. The van der Waals surface area contributed by atoms with Crippen molar-refractivity contribution in [1.82, 2.24) is 19.7 Å². The Hall–Kier alpha value is -3.12. The van der Waals surface area contributed by atoms with E-state index in [1.807, 2.05) is 54.6 Å². The van der Waals surface area contributed by atoms with Gasteiger partial charge in [-0.3, -0.25) is 0 Å². The van der Waals surface area contributed by atoms with Gasteiger partial charge in [0.2, 0.25) is 5.95 Å². The lowest BCUT2D eigenvalue weighted by molar-refractivity contribution is 0.899. The van der Waals surface area contributed by atoms with Crippen LogP contribution < -0.4 is 11.1 Å². The smallest absolute Gasteiger partial charge is 0.225 e. The molecule has 3 N–H and O–H groups in total. The molecule has 0 bridgehead atoms. The summed E-state index contributed by atoms with van der Waals surface area (Å²) >= 11 is 6.01. The van der Waals surface area contributed by atoms with Gasteiger partial charge in [-0.2, -0.15) is 4.98 Å². The van der Waals surface area contributed by atoms with Crippen molar-refractivity contribution in [3.8, 4) is 16.9 Å². The minimum atomic E-state index is 0.446. The number of nitrogens with one attached hydrogen (secondary N) is 1. The lowest BCUT2D eigenvalue weighted by Crippen LogP contribution is -2.06. The average Bonchev–Trinajstić information content (AvgIpc) is 3.44. The second kappa shape index (κ2) is 6.25. The summed E-state index contributed by atoms with van der Waals surface area (Å²) in [6.07, 6.45) is 2.28. The monoisotopic (exact) mass is 376 g/mol. The zero-order chi connectivity index (χ0) is 18.4. The molecule has 7 heteroatoms. The van der Waals surface area contributed by atoms with Crippen LogP contribution >= 0.6 is 11.6 Å². The van der Waals surface area contributed by atoms with Gasteiger partial charge < -0.3 is 11.1 Å². The third-order valence-corrected chi connectivity index (χ3v) is 4.85. The van der Waals surface area contributed by atoms with Crippen molar-refractivity contribution < 1.29 is 0 Å². The summed E-state index contributed by atoms with van der Waals surface area (Å²) in [6, 6.07) is 17.8. The van der Waals surface area contributed by atoms with Gasteiger partial charge >= 0.3 is 0 Å². The molecule has 1 aliphatic rings. The third-order valence-electron chi connectivity index (χ3n) is 4.60. The van der Waals surface area contributed by atoms with Gasteiger partial charge in [0, 0.05) is 16.6 Å². The molecule has 0 amide bonds. The molecule has 6 nitrogen and oxygen atoms in total. The topological polar surface area (TPSA) is 81.7 Å². The van der Waals surface area contributed by atoms with Gasteiger partial charge in [0.25, 0.3) is 0 Å². The van der Waals surface area contributed by atoms with Crippen LogP contribution in [0.1, 0.15) is 12.8 Å². The van der Waals surface area contributed by atoms with E-state index in [0.717, 1.165) is 35.2 Å². The molecule has 2 heterocycles. The van der Waals surface area contributed by atoms with Crippen molar-refractivity contribution in [2.24, 2.45) is 0 Å². The summed E-state index contributed by atoms with van der Waals surface area (Å²) in [6.45, 7) is 0. The molecule has 1 fully saturated rings. The number of hydrogen-bond donors (Lipinski definition) is 2. The van der Waals surface area contributed by atoms with Crippen LogP contribution in [0.5, 0.6) is 0 Å². The molecule has 2 aromatic heterocycles. The minimum Gasteiger partial charge on any atom is -0.383 e. The third kappa shape index (κ3) is 2.98. The van der Waals surface area contributed by atoms with Crippen LogP contribution in [0.25, 0.3) is 28.0 Å². The number of nitrogens with two attached hydrogens (primary N) is 1. The Morgan fingerprint density at radius 2 is 1.74 bits per heavy atom. The summed E-state index contributed by atoms with van der Waals surface area (Å²) in [5.41, 5.74) is 9.63. The van der Waals surface area contributed by atoms with Crippen LogP contribution in [0.15, 0.2) is 54.6 Å². The molecule has 4 aromatic rings.